The number of fused-ring (bicyclic) bond motifs is 3. The zero-order valence-corrected chi connectivity index (χ0v) is 9.78. The van der Waals surface area contributed by atoms with E-state index in [9.17, 15) is 4.79 Å². The van der Waals surface area contributed by atoms with Gasteiger partial charge in [-0.15, -0.1) is 0 Å². The van der Waals surface area contributed by atoms with Crippen molar-refractivity contribution in [2.24, 2.45) is 0 Å². The van der Waals surface area contributed by atoms with E-state index in [2.05, 4.69) is 9.88 Å². The molecule has 1 aromatic heterocycles. The lowest BCUT2D eigenvalue weighted by molar-refractivity contribution is 0.374. The van der Waals surface area contributed by atoms with Gasteiger partial charge in [0.25, 0.3) is 0 Å². The molecule has 0 bridgehead atoms. The highest BCUT2D eigenvalue weighted by Crippen LogP contribution is 2.30. The van der Waals surface area contributed by atoms with Crippen molar-refractivity contribution >= 4 is 17.4 Å². The highest BCUT2D eigenvalue weighted by atomic mass is 35.5. The smallest absolute Gasteiger partial charge is 0.350 e. The SMILES string of the molecule is O=c1nc(Cl)cc2n1CC[C@@H]1CCCCN21. The average molecular weight is 240 g/mol. The Morgan fingerprint density at radius 1 is 1.31 bits per heavy atom. The maximum absolute atomic E-state index is 11.7. The van der Waals surface area contributed by atoms with Crippen molar-refractivity contribution in [2.75, 3.05) is 11.4 Å². The third kappa shape index (κ3) is 1.52. The first-order chi connectivity index (χ1) is 7.75. The molecule has 1 saturated heterocycles. The second-order valence-corrected chi connectivity index (χ2v) is 4.89. The minimum Gasteiger partial charge on any atom is -0.355 e. The molecule has 3 rings (SSSR count). The van der Waals surface area contributed by atoms with E-state index in [0.29, 0.717) is 11.2 Å². The third-order valence-electron chi connectivity index (χ3n) is 3.57. The standard InChI is InChI=1S/C11H14ClN3O/c12-9-7-10-14-5-2-1-3-8(14)4-6-15(10)11(16)13-9/h7-8H,1-6H2/t8-/m0/s1. The van der Waals surface area contributed by atoms with E-state index in [1.165, 1.54) is 19.3 Å². The van der Waals surface area contributed by atoms with Crippen molar-refractivity contribution in [3.63, 3.8) is 0 Å². The summed E-state index contributed by atoms with van der Waals surface area (Å²) >= 11 is 5.86. The van der Waals surface area contributed by atoms with Gasteiger partial charge in [0.05, 0.1) is 0 Å². The van der Waals surface area contributed by atoms with E-state index in [0.717, 1.165) is 25.3 Å². The van der Waals surface area contributed by atoms with Crippen LogP contribution in [0, 0.1) is 0 Å². The number of hydrogen-bond acceptors (Lipinski definition) is 3. The van der Waals surface area contributed by atoms with Crippen LogP contribution in [0.15, 0.2) is 10.9 Å². The fourth-order valence-electron chi connectivity index (χ4n) is 2.80. The van der Waals surface area contributed by atoms with E-state index >= 15 is 0 Å². The Labute approximate surface area is 98.8 Å². The van der Waals surface area contributed by atoms with Crippen LogP contribution < -0.4 is 10.6 Å². The number of rotatable bonds is 0. The Morgan fingerprint density at radius 2 is 2.19 bits per heavy atom. The van der Waals surface area contributed by atoms with Gasteiger partial charge >= 0.3 is 5.69 Å². The van der Waals surface area contributed by atoms with Crippen LogP contribution in [-0.2, 0) is 6.54 Å². The lowest BCUT2D eigenvalue weighted by Crippen LogP contribution is -2.47. The summed E-state index contributed by atoms with van der Waals surface area (Å²) in [5.41, 5.74) is -0.216. The first kappa shape index (κ1) is 10.1. The number of aromatic nitrogens is 2. The Kier molecular flexibility index (Phi) is 2.39. The second-order valence-electron chi connectivity index (χ2n) is 4.50. The average Bonchev–Trinajstić information content (AvgIpc) is 2.28. The van der Waals surface area contributed by atoms with Crippen molar-refractivity contribution < 1.29 is 0 Å². The molecule has 0 spiro atoms. The molecular weight excluding hydrogens is 226 g/mol. The molecule has 3 heterocycles. The maximum atomic E-state index is 11.7. The fraction of sp³-hybridized carbons (Fsp3) is 0.636. The molecule has 16 heavy (non-hydrogen) atoms. The van der Waals surface area contributed by atoms with Crippen molar-refractivity contribution in [3.8, 4) is 0 Å². The van der Waals surface area contributed by atoms with Gasteiger partial charge in [0.15, 0.2) is 0 Å². The van der Waals surface area contributed by atoms with Gasteiger partial charge in [-0.05, 0) is 25.7 Å². The molecule has 2 aliphatic heterocycles. The van der Waals surface area contributed by atoms with Crippen LogP contribution in [0.4, 0.5) is 5.82 Å². The van der Waals surface area contributed by atoms with Crippen molar-refractivity contribution in [1.82, 2.24) is 9.55 Å². The Balaban J connectivity index is 2.10. The monoisotopic (exact) mass is 239 g/mol. The highest BCUT2D eigenvalue weighted by Gasteiger charge is 2.29. The van der Waals surface area contributed by atoms with Crippen LogP contribution in [0.3, 0.4) is 0 Å². The van der Waals surface area contributed by atoms with Gasteiger partial charge < -0.3 is 4.90 Å². The van der Waals surface area contributed by atoms with Crippen LogP contribution in [0.25, 0.3) is 0 Å². The molecule has 1 aromatic rings. The Hall–Kier alpha value is -1.03. The van der Waals surface area contributed by atoms with E-state index in [-0.39, 0.29) is 5.69 Å². The van der Waals surface area contributed by atoms with Crippen LogP contribution >= 0.6 is 11.6 Å². The van der Waals surface area contributed by atoms with Crippen LogP contribution in [0.5, 0.6) is 0 Å². The van der Waals surface area contributed by atoms with Crippen molar-refractivity contribution in [3.05, 3.63) is 21.7 Å². The summed E-state index contributed by atoms with van der Waals surface area (Å²) in [6.45, 7) is 1.81. The normalized spacial score (nSPS) is 23.8. The quantitative estimate of drug-likeness (QED) is 0.647. The fourth-order valence-corrected chi connectivity index (χ4v) is 2.96. The number of hydrogen-bond donors (Lipinski definition) is 0. The lowest BCUT2D eigenvalue weighted by Gasteiger charge is -2.42. The molecule has 1 fully saturated rings. The number of halogens is 1. The molecule has 0 unspecified atom stereocenters. The molecule has 5 heteroatoms. The van der Waals surface area contributed by atoms with Gasteiger partial charge in [0.1, 0.15) is 11.0 Å². The minimum atomic E-state index is -0.216. The van der Waals surface area contributed by atoms with Crippen LogP contribution in [-0.4, -0.2) is 22.1 Å². The summed E-state index contributed by atoms with van der Waals surface area (Å²) < 4.78 is 1.74. The molecule has 1 atom stereocenters. The number of nitrogens with zero attached hydrogens (tertiary/aromatic N) is 3. The van der Waals surface area contributed by atoms with Gasteiger partial charge in [-0.25, -0.2) is 4.79 Å². The zero-order valence-electron chi connectivity index (χ0n) is 9.03. The lowest BCUT2D eigenvalue weighted by atomic mass is 9.97. The van der Waals surface area contributed by atoms with Crippen molar-refractivity contribution in [1.29, 1.82) is 0 Å². The zero-order chi connectivity index (χ0) is 11.1. The Bertz CT molecular complexity index is 471. The molecule has 0 N–H and O–H groups in total. The van der Waals surface area contributed by atoms with E-state index in [1.807, 2.05) is 6.07 Å². The van der Waals surface area contributed by atoms with Crippen molar-refractivity contribution in [2.45, 2.75) is 38.3 Å². The largest absolute Gasteiger partial charge is 0.355 e. The second kappa shape index (κ2) is 3.77. The molecule has 4 nitrogen and oxygen atoms in total. The first-order valence-corrected chi connectivity index (χ1v) is 6.17. The summed E-state index contributed by atoms with van der Waals surface area (Å²) in [6, 6.07) is 2.41. The molecule has 2 aliphatic rings. The topological polar surface area (TPSA) is 38.1 Å². The number of piperidine rings is 1. The summed E-state index contributed by atoms with van der Waals surface area (Å²) in [4.78, 5) is 17.8. The number of anilines is 1. The van der Waals surface area contributed by atoms with E-state index in [4.69, 9.17) is 11.6 Å². The molecule has 0 aliphatic carbocycles. The highest BCUT2D eigenvalue weighted by molar-refractivity contribution is 6.29. The van der Waals surface area contributed by atoms with Crippen LogP contribution in [0.1, 0.15) is 25.7 Å². The van der Waals surface area contributed by atoms with E-state index in [1.54, 1.807) is 4.57 Å². The predicted octanol–water partition coefficient (Wildman–Crippen LogP) is 1.66. The molecule has 0 saturated carbocycles. The first-order valence-electron chi connectivity index (χ1n) is 5.80. The van der Waals surface area contributed by atoms with Crippen LogP contribution in [0.2, 0.25) is 5.15 Å². The molecular formula is C11H14ClN3O. The molecule has 86 valence electrons. The summed E-state index contributed by atoms with van der Waals surface area (Å²) in [5, 5.41) is 0.308. The summed E-state index contributed by atoms with van der Waals surface area (Å²) in [7, 11) is 0. The predicted molar refractivity (Wildman–Crippen MR) is 63.1 cm³/mol. The third-order valence-corrected chi connectivity index (χ3v) is 3.76. The maximum Gasteiger partial charge on any atom is 0.350 e. The van der Waals surface area contributed by atoms with Gasteiger partial charge in [0, 0.05) is 25.2 Å². The molecule has 0 amide bonds. The van der Waals surface area contributed by atoms with Gasteiger partial charge in [-0.3, -0.25) is 4.57 Å². The van der Waals surface area contributed by atoms with E-state index < -0.39 is 0 Å². The minimum absolute atomic E-state index is 0.216. The Morgan fingerprint density at radius 3 is 3.06 bits per heavy atom. The van der Waals surface area contributed by atoms with Gasteiger partial charge in [0.2, 0.25) is 0 Å². The molecule has 0 aromatic carbocycles. The van der Waals surface area contributed by atoms with Gasteiger partial charge in [-0.2, -0.15) is 4.98 Å². The molecule has 0 radical (unpaired) electrons. The van der Waals surface area contributed by atoms with Gasteiger partial charge in [-0.1, -0.05) is 11.6 Å². The summed E-state index contributed by atoms with van der Waals surface area (Å²) in [6.07, 6.45) is 4.78. The summed E-state index contributed by atoms with van der Waals surface area (Å²) in [5.74, 6) is 0.959.